The first kappa shape index (κ1) is 22.1. The monoisotopic (exact) mass is 427 g/mol. The number of nitrogens with one attached hydrogen (secondary N) is 2. The van der Waals surface area contributed by atoms with E-state index in [1.165, 1.54) is 6.08 Å². The van der Waals surface area contributed by atoms with E-state index in [0.29, 0.717) is 28.4 Å². The molecule has 0 fully saturated rings. The lowest BCUT2D eigenvalue weighted by atomic mass is 10.1. The highest BCUT2D eigenvalue weighted by molar-refractivity contribution is 6.09. The molecule has 0 saturated carbocycles. The maximum Gasteiger partial charge on any atom is 0.266 e. The highest BCUT2D eigenvalue weighted by Gasteiger charge is 2.12. The Morgan fingerprint density at radius 3 is 2.25 bits per heavy atom. The lowest BCUT2D eigenvalue weighted by Crippen LogP contribution is -2.20. The summed E-state index contributed by atoms with van der Waals surface area (Å²) >= 11 is 0. The van der Waals surface area contributed by atoms with Crippen LogP contribution in [0.5, 0.6) is 11.5 Å². The minimum absolute atomic E-state index is 0.0902. The zero-order valence-electron chi connectivity index (χ0n) is 17.4. The van der Waals surface area contributed by atoms with Crippen LogP contribution in [-0.4, -0.2) is 25.5 Å². The molecule has 0 aliphatic carbocycles. The van der Waals surface area contributed by atoms with Gasteiger partial charge in [0.25, 0.3) is 11.8 Å². The molecule has 2 N–H and O–H groups in total. The molecule has 3 aromatic rings. The minimum atomic E-state index is -0.536. The van der Waals surface area contributed by atoms with E-state index in [1.807, 2.05) is 12.1 Å². The molecule has 32 heavy (non-hydrogen) atoms. The number of para-hydroxylation sites is 2. The van der Waals surface area contributed by atoms with Gasteiger partial charge in [-0.1, -0.05) is 36.4 Å². The highest BCUT2D eigenvalue weighted by Crippen LogP contribution is 2.22. The summed E-state index contributed by atoms with van der Waals surface area (Å²) in [5.74, 6) is 0.171. The summed E-state index contributed by atoms with van der Waals surface area (Å²) in [6.07, 6.45) is 1.43. The molecular formula is C25H21N3O4. The van der Waals surface area contributed by atoms with Gasteiger partial charge in [0.2, 0.25) is 0 Å². The Balaban J connectivity index is 1.66. The molecule has 0 unspecified atom stereocenters. The Kier molecular flexibility index (Phi) is 7.60. The second kappa shape index (κ2) is 11.0. The fraction of sp³-hybridized carbons (Fsp3) is 0.0800. The van der Waals surface area contributed by atoms with E-state index in [1.54, 1.807) is 79.9 Å². The first-order valence-corrected chi connectivity index (χ1v) is 9.73. The minimum Gasteiger partial charge on any atom is -0.497 e. The van der Waals surface area contributed by atoms with Crippen molar-refractivity contribution in [2.45, 2.75) is 0 Å². The molecule has 160 valence electrons. The predicted molar refractivity (Wildman–Crippen MR) is 122 cm³/mol. The Morgan fingerprint density at radius 2 is 1.56 bits per heavy atom. The van der Waals surface area contributed by atoms with E-state index in [-0.39, 0.29) is 18.1 Å². The summed E-state index contributed by atoms with van der Waals surface area (Å²) in [4.78, 5) is 24.7. The topological polar surface area (TPSA) is 100 Å². The third-order valence-corrected chi connectivity index (χ3v) is 4.35. The van der Waals surface area contributed by atoms with Crippen molar-refractivity contribution in [3.63, 3.8) is 0 Å². The highest BCUT2D eigenvalue weighted by atomic mass is 16.5. The number of hydrogen-bond acceptors (Lipinski definition) is 5. The van der Waals surface area contributed by atoms with E-state index in [0.717, 1.165) is 0 Å². The third kappa shape index (κ3) is 6.21. The number of amides is 2. The molecule has 3 aromatic carbocycles. The number of methoxy groups -OCH3 is 1. The Hall–Kier alpha value is -4.57. The zero-order valence-corrected chi connectivity index (χ0v) is 17.4. The van der Waals surface area contributed by atoms with Gasteiger partial charge in [0.05, 0.1) is 7.11 Å². The van der Waals surface area contributed by atoms with Crippen LogP contribution in [0, 0.1) is 11.3 Å². The van der Waals surface area contributed by atoms with Crippen molar-refractivity contribution in [3.8, 4) is 17.6 Å². The fourth-order valence-electron chi connectivity index (χ4n) is 2.77. The van der Waals surface area contributed by atoms with Crippen molar-refractivity contribution < 1.29 is 19.1 Å². The van der Waals surface area contributed by atoms with Gasteiger partial charge in [-0.25, -0.2) is 0 Å². The van der Waals surface area contributed by atoms with E-state index in [4.69, 9.17) is 9.47 Å². The summed E-state index contributed by atoms with van der Waals surface area (Å²) in [5.41, 5.74) is 1.60. The number of anilines is 2. The van der Waals surface area contributed by atoms with Gasteiger partial charge in [0.15, 0.2) is 6.61 Å². The van der Waals surface area contributed by atoms with Crippen LogP contribution >= 0.6 is 0 Å². The maximum atomic E-state index is 12.5. The van der Waals surface area contributed by atoms with Crippen molar-refractivity contribution in [2.75, 3.05) is 24.4 Å². The molecule has 0 radical (unpaired) electrons. The molecule has 0 aliphatic rings. The number of carbonyl (C=O) groups excluding carboxylic acids is 2. The standard InChI is InChI=1S/C25H21N3O4/c1-31-22-13-11-21(12-14-22)27-24(29)17-32-23-10-6-5-7-18(23)15-19(16-26)25(30)28-20-8-3-2-4-9-20/h2-15H,17H2,1H3,(H,27,29)(H,28,30)/b19-15+. The van der Waals surface area contributed by atoms with E-state index >= 15 is 0 Å². The van der Waals surface area contributed by atoms with Crippen molar-refractivity contribution in [3.05, 3.63) is 90.0 Å². The molecule has 7 nitrogen and oxygen atoms in total. The summed E-state index contributed by atoms with van der Waals surface area (Å²) in [7, 11) is 1.57. The van der Waals surface area contributed by atoms with Gasteiger partial charge >= 0.3 is 0 Å². The number of benzene rings is 3. The summed E-state index contributed by atoms with van der Waals surface area (Å²) in [6.45, 7) is -0.241. The van der Waals surface area contributed by atoms with Gasteiger partial charge in [-0.2, -0.15) is 5.26 Å². The van der Waals surface area contributed by atoms with E-state index < -0.39 is 5.91 Å². The normalized spacial score (nSPS) is 10.6. The SMILES string of the molecule is COc1ccc(NC(=O)COc2ccccc2/C=C(\C#N)C(=O)Nc2ccccc2)cc1. The fourth-order valence-corrected chi connectivity index (χ4v) is 2.77. The number of nitriles is 1. The van der Waals surface area contributed by atoms with Crippen molar-refractivity contribution in [2.24, 2.45) is 0 Å². The average Bonchev–Trinajstić information content (AvgIpc) is 2.83. The molecule has 0 atom stereocenters. The van der Waals surface area contributed by atoms with Crippen LogP contribution in [0.4, 0.5) is 11.4 Å². The predicted octanol–water partition coefficient (Wildman–Crippen LogP) is 4.26. The number of nitrogens with zero attached hydrogens (tertiary/aromatic N) is 1. The third-order valence-electron chi connectivity index (χ3n) is 4.35. The van der Waals surface area contributed by atoms with Crippen molar-refractivity contribution in [1.29, 1.82) is 5.26 Å². The first-order chi connectivity index (χ1) is 15.6. The first-order valence-electron chi connectivity index (χ1n) is 9.73. The summed E-state index contributed by atoms with van der Waals surface area (Å²) in [5, 5.41) is 14.9. The Labute approximate surface area is 185 Å². The van der Waals surface area contributed by atoms with Crippen molar-refractivity contribution >= 4 is 29.3 Å². The number of ether oxygens (including phenoxy) is 2. The Bertz CT molecular complexity index is 1150. The van der Waals surface area contributed by atoms with Crippen molar-refractivity contribution in [1.82, 2.24) is 0 Å². The Morgan fingerprint density at radius 1 is 0.906 bits per heavy atom. The van der Waals surface area contributed by atoms with E-state index in [2.05, 4.69) is 10.6 Å². The molecule has 0 aromatic heterocycles. The summed E-state index contributed by atoms with van der Waals surface area (Å²) < 4.78 is 10.7. The van der Waals surface area contributed by atoms with Crippen LogP contribution in [-0.2, 0) is 9.59 Å². The number of hydrogen-bond donors (Lipinski definition) is 2. The van der Waals surface area contributed by atoms with Crippen LogP contribution < -0.4 is 20.1 Å². The largest absolute Gasteiger partial charge is 0.497 e. The number of rotatable bonds is 8. The molecule has 0 saturated heterocycles. The second-order valence-corrected chi connectivity index (χ2v) is 6.59. The van der Waals surface area contributed by atoms with Crippen LogP contribution in [0.3, 0.4) is 0 Å². The second-order valence-electron chi connectivity index (χ2n) is 6.59. The van der Waals surface area contributed by atoms with Crippen LogP contribution in [0.2, 0.25) is 0 Å². The quantitative estimate of drug-likeness (QED) is 0.413. The van der Waals surface area contributed by atoms with Crippen LogP contribution in [0.1, 0.15) is 5.56 Å². The van der Waals surface area contributed by atoms with Gasteiger partial charge in [-0.05, 0) is 48.5 Å². The molecular weight excluding hydrogens is 406 g/mol. The van der Waals surface area contributed by atoms with Crippen LogP contribution in [0.25, 0.3) is 6.08 Å². The lowest BCUT2D eigenvalue weighted by molar-refractivity contribution is -0.118. The summed E-state index contributed by atoms with van der Waals surface area (Å²) in [6, 6.07) is 24.5. The molecule has 0 heterocycles. The van der Waals surface area contributed by atoms with Gasteiger partial charge in [0, 0.05) is 16.9 Å². The average molecular weight is 427 g/mol. The number of carbonyl (C=O) groups is 2. The van der Waals surface area contributed by atoms with Gasteiger partial charge in [-0.3, -0.25) is 9.59 Å². The molecule has 0 aliphatic heterocycles. The molecule has 7 heteroatoms. The van der Waals surface area contributed by atoms with E-state index in [9.17, 15) is 14.9 Å². The molecule has 0 bridgehead atoms. The van der Waals surface area contributed by atoms with Gasteiger partial charge in [0.1, 0.15) is 23.1 Å². The molecule has 2 amide bonds. The molecule has 0 spiro atoms. The zero-order chi connectivity index (χ0) is 22.8. The maximum absolute atomic E-state index is 12.5. The smallest absolute Gasteiger partial charge is 0.266 e. The lowest BCUT2D eigenvalue weighted by Gasteiger charge is -2.10. The van der Waals surface area contributed by atoms with Gasteiger partial charge < -0.3 is 20.1 Å². The van der Waals surface area contributed by atoms with Gasteiger partial charge in [-0.15, -0.1) is 0 Å². The van der Waals surface area contributed by atoms with Crippen LogP contribution in [0.15, 0.2) is 84.4 Å². The molecule has 3 rings (SSSR count).